The van der Waals surface area contributed by atoms with E-state index in [1.807, 2.05) is 43.3 Å². The van der Waals surface area contributed by atoms with Crippen molar-refractivity contribution in [2.24, 2.45) is 0 Å². The Balaban J connectivity index is 2.18. The molecule has 4 nitrogen and oxygen atoms in total. The molecule has 0 aliphatic carbocycles. The van der Waals surface area contributed by atoms with Gasteiger partial charge in [0, 0.05) is 11.4 Å². The lowest BCUT2D eigenvalue weighted by Crippen LogP contribution is -2.48. The van der Waals surface area contributed by atoms with Gasteiger partial charge in [-0.25, -0.2) is 4.79 Å². The number of esters is 1. The van der Waals surface area contributed by atoms with Crippen LogP contribution >= 0.6 is 35.4 Å². The normalized spacial score (nSPS) is 17.2. The fraction of sp³-hybridized carbons (Fsp3) is 0.158. The van der Waals surface area contributed by atoms with Crippen LogP contribution in [0.5, 0.6) is 0 Å². The summed E-state index contributed by atoms with van der Waals surface area (Å²) in [7, 11) is 1.35. The molecule has 1 aliphatic heterocycles. The first kappa shape index (κ1) is 18.7. The van der Waals surface area contributed by atoms with E-state index in [1.165, 1.54) is 7.11 Å². The summed E-state index contributed by atoms with van der Waals surface area (Å²) < 4.78 is 5.02. The Morgan fingerprint density at radius 1 is 1.15 bits per heavy atom. The van der Waals surface area contributed by atoms with E-state index in [-0.39, 0.29) is 0 Å². The lowest BCUT2D eigenvalue weighted by atomic mass is 9.94. The number of rotatable bonds is 3. The number of methoxy groups -OCH3 is 1. The molecule has 0 fully saturated rings. The van der Waals surface area contributed by atoms with Gasteiger partial charge in [-0.3, -0.25) is 4.90 Å². The van der Waals surface area contributed by atoms with Crippen LogP contribution in [0.1, 0.15) is 18.5 Å². The number of allylic oxidation sites excluding steroid dienone is 1. The van der Waals surface area contributed by atoms with E-state index in [2.05, 4.69) is 5.32 Å². The molecule has 0 saturated heterocycles. The number of hydrogen-bond acceptors (Lipinski definition) is 3. The van der Waals surface area contributed by atoms with Gasteiger partial charge in [0.05, 0.1) is 28.8 Å². The third-order valence-electron chi connectivity index (χ3n) is 4.20. The van der Waals surface area contributed by atoms with E-state index in [0.29, 0.717) is 32.0 Å². The van der Waals surface area contributed by atoms with Crippen molar-refractivity contribution in [1.82, 2.24) is 5.32 Å². The Morgan fingerprint density at radius 2 is 1.85 bits per heavy atom. The van der Waals surface area contributed by atoms with E-state index >= 15 is 0 Å². The summed E-state index contributed by atoms with van der Waals surface area (Å²) in [4.78, 5) is 14.4. The average molecular weight is 407 g/mol. The smallest absolute Gasteiger partial charge is 0.337 e. The SMILES string of the molecule is COC(=O)C1=C(C)N(c2ccccc2)C(=S)N[C@H]1c1cccc(Cl)c1Cl. The fourth-order valence-electron chi connectivity index (χ4n) is 2.98. The maximum Gasteiger partial charge on any atom is 0.337 e. The fourth-order valence-corrected chi connectivity index (χ4v) is 3.76. The third-order valence-corrected chi connectivity index (χ3v) is 5.33. The second-order valence-electron chi connectivity index (χ2n) is 5.69. The van der Waals surface area contributed by atoms with Gasteiger partial charge in [0.2, 0.25) is 0 Å². The molecule has 0 saturated carbocycles. The Kier molecular flexibility index (Phi) is 5.51. The molecule has 0 bridgehead atoms. The van der Waals surface area contributed by atoms with Crippen LogP contribution < -0.4 is 10.2 Å². The number of halogens is 2. The molecule has 0 aromatic heterocycles. The van der Waals surface area contributed by atoms with E-state index in [1.54, 1.807) is 17.0 Å². The van der Waals surface area contributed by atoms with Crippen molar-refractivity contribution in [2.75, 3.05) is 12.0 Å². The van der Waals surface area contributed by atoms with Crippen molar-refractivity contribution >= 4 is 52.2 Å². The zero-order chi connectivity index (χ0) is 18.8. The van der Waals surface area contributed by atoms with E-state index in [4.69, 9.17) is 40.2 Å². The monoisotopic (exact) mass is 406 g/mol. The second kappa shape index (κ2) is 7.66. The third kappa shape index (κ3) is 3.30. The van der Waals surface area contributed by atoms with E-state index < -0.39 is 12.0 Å². The number of carbonyl (C=O) groups excluding carboxylic acids is 1. The number of ether oxygens (including phenoxy) is 1. The maximum atomic E-state index is 12.6. The molecule has 1 N–H and O–H groups in total. The van der Waals surface area contributed by atoms with Gasteiger partial charge in [0.15, 0.2) is 5.11 Å². The van der Waals surface area contributed by atoms with Crippen LogP contribution in [0.4, 0.5) is 5.69 Å². The zero-order valence-electron chi connectivity index (χ0n) is 14.1. The average Bonchev–Trinajstić information content (AvgIpc) is 2.64. The number of hydrogen-bond donors (Lipinski definition) is 1. The summed E-state index contributed by atoms with van der Waals surface area (Å²) in [6.07, 6.45) is 0. The van der Waals surface area contributed by atoms with Crippen LogP contribution in [0.25, 0.3) is 0 Å². The van der Waals surface area contributed by atoms with Gasteiger partial charge in [-0.1, -0.05) is 53.5 Å². The predicted octanol–water partition coefficient (Wildman–Crippen LogP) is 4.88. The van der Waals surface area contributed by atoms with Crippen molar-refractivity contribution in [3.05, 3.63) is 75.4 Å². The lowest BCUT2D eigenvalue weighted by Gasteiger charge is -2.37. The first-order valence-corrected chi connectivity index (χ1v) is 9.00. The van der Waals surface area contributed by atoms with Crippen LogP contribution in [-0.2, 0) is 9.53 Å². The van der Waals surface area contributed by atoms with Crippen molar-refractivity contribution < 1.29 is 9.53 Å². The van der Waals surface area contributed by atoms with E-state index in [0.717, 1.165) is 5.69 Å². The molecule has 1 atom stereocenters. The zero-order valence-corrected chi connectivity index (χ0v) is 16.5. The molecule has 26 heavy (non-hydrogen) atoms. The number of carbonyl (C=O) groups is 1. The van der Waals surface area contributed by atoms with Crippen LogP contribution in [-0.4, -0.2) is 18.2 Å². The molecule has 1 aliphatic rings. The van der Waals surface area contributed by atoms with E-state index in [9.17, 15) is 4.79 Å². The molecular formula is C19H16Cl2N2O2S. The highest BCUT2D eigenvalue weighted by Gasteiger charge is 2.36. The van der Waals surface area contributed by atoms with Crippen LogP contribution in [0, 0.1) is 0 Å². The van der Waals surface area contributed by atoms with Crippen molar-refractivity contribution in [1.29, 1.82) is 0 Å². The maximum absolute atomic E-state index is 12.6. The number of thiocarbonyl (C=S) groups is 1. The Morgan fingerprint density at radius 3 is 2.50 bits per heavy atom. The van der Waals surface area contributed by atoms with Crippen LogP contribution in [0.2, 0.25) is 10.0 Å². The first-order valence-electron chi connectivity index (χ1n) is 7.84. The van der Waals surface area contributed by atoms with Gasteiger partial charge < -0.3 is 10.1 Å². The Labute approximate surface area is 167 Å². The lowest BCUT2D eigenvalue weighted by molar-refractivity contribution is -0.136. The molecule has 2 aromatic rings. The van der Waals surface area contributed by atoms with Gasteiger partial charge in [0.25, 0.3) is 0 Å². The van der Waals surface area contributed by atoms with Gasteiger partial charge in [-0.15, -0.1) is 0 Å². The highest BCUT2D eigenvalue weighted by atomic mass is 35.5. The Hall–Kier alpha value is -2.08. The molecule has 0 radical (unpaired) electrons. The van der Waals surface area contributed by atoms with Gasteiger partial charge in [0.1, 0.15) is 0 Å². The highest BCUT2D eigenvalue weighted by molar-refractivity contribution is 7.80. The first-order chi connectivity index (χ1) is 12.5. The van der Waals surface area contributed by atoms with Crippen molar-refractivity contribution in [3.8, 4) is 0 Å². The predicted molar refractivity (Wildman–Crippen MR) is 109 cm³/mol. The molecule has 0 amide bonds. The largest absolute Gasteiger partial charge is 0.466 e. The summed E-state index contributed by atoms with van der Waals surface area (Å²) in [6, 6.07) is 14.3. The number of nitrogens with zero attached hydrogens (tertiary/aromatic N) is 1. The summed E-state index contributed by atoms with van der Waals surface area (Å²) >= 11 is 18.1. The van der Waals surface area contributed by atoms with Crippen LogP contribution in [0.3, 0.4) is 0 Å². The molecule has 1 heterocycles. The minimum absolute atomic E-state index is 0.372. The minimum atomic E-state index is -0.555. The van der Waals surface area contributed by atoms with Gasteiger partial charge in [-0.05, 0) is 42.9 Å². The van der Waals surface area contributed by atoms with Crippen molar-refractivity contribution in [3.63, 3.8) is 0 Å². The summed E-state index contributed by atoms with van der Waals surface area (Å²) in [5.74, 6) is -0.459. The summed E-state index contributed by atoms with van der Waals surface area (Å²) in [5, 5.41) is 4.44. The minimum Gasteiger partial charge on any atom is -0.466 e. The van der Waals surface area contributed by atoms with Gasteiger partial charge >= 0.3 is 5.97 Å². The highest BCUT2D eigenvalue weighted by Crippen LogP contribution is 2.38. The molecule has 134 valence electrons. The number of nitrogens with one attached hydrogen (secondary N) is 1. The number of para-hydroxylation sites is 1. The summed E-state index contributed by atoms with van der Waals surface area (Å²) in [5.41, 5.74) is 2.61. The molecule has 7 heteroatoms. The molecule has 0 unspecified atom stereocenters. The van der Waals surface area contributed by atoms with Crippen molar-refractivity contribution in [2.45, 2.75) is 13.0 Å². The molecule has 0 spiro atoms. The Bertz CT molecular complexity index is 900. The molecule has 3 rings (SSSR count). The second-order valence-corrected chi connectivity index (χ2v) is 6.86. The summed E-state index contributed by atoms with van der Waals surface area (Å²) in [6.45, 7) is 1.83. The molecular weight excluding hydrogens is 391 g/mol. The number of benzene rings is 2. The van der Waals surface area contributed by atoms with Crippen LogP contribution in [0.15, 0.2) is 59.8 Å². The quantitative estimate of drug-likeness (QED) is 0.581. The standard InChI is InChI=1S/C19H16Cl2N2O2S/c1-11-15(18(24)25-2)17(13-9-6-10-14(20)16(13)21)22-19(26)23(11)12-7-4-3-5-8-12/h3-10,17H,1-2H3,(H,22,26)/t17-/m0/s1. The topological polar surface area (TPSA) is 41.6 Å². The van der Waals surface area contributed by atoms with Gasteiger partial charge in [-0.2, -0.15) is 0 Å². The number of anilines is 1. The molecule has 2 aromatic carbocycles.